The first kappa shape index (κ1) is 15.3. The molecule has 1 saturated carbocycles. The van der Waals surface area contributed by atoms with E-state index in [1.165, 1.54) is 12.8 Å². The minimum absolute atomic E-state index is 0.0506. The van der Waals surface area contributed by atoms with Crippen molar-refractivity contribution in [3.63, 3.8) is 0 Å². The molecule has 1 N–H and O–H groups in total. The minimum Gasteiger partial charge on any atom is -0.391 e. The van der Waals surface area contributed by atoms with Crippen molar-refractivity contribution in [2.45, 2.75) is 70.9 Å². The van der Waals surface area contributed by atoms with Crippen LogP contribution in [0.15, 0.2) is 0 Å². The summed E-state index contributed by atoms with van der Waals surface area (Å²) in [7, 11) is 0. The Morgan fingerprint density at radius 1 is 1.16 bits per heavy atom. The first-order chi connectivity index (χ1) is 8.94. The summed E-state index contributed by atoms with van der Waals surface area (Å²) < 4.78 is 5.47. The summed E-state index contributed by atoms with van der Waals surface area (Å²) in [6.45, 7) is 10.4. The Kier molecular flexibility index (Phi) is 4.91. The van der Waals surface area contributed by atoms with Gasteiger partial charge >= 0.3 is 0 Å². The molecule has 0 radical (unpaired) electrons. The Hall–Kier alpha value is -0.120. The second-order valence-electron chi connectivity index (χ2n) is 7.53. The number of aliphatic hydroxyl groups excluding tert-OH is 1. The zero-order valence-corrected chi connectivity index (χ0v) is 13.0. The average Bonchev–Trinajstić information content (AvgIpc) is 2.87. The van der Waals surface area contributed by atoms with Crippen molar-refractivity contribution in [2.75, 3.05) is 26.3 Å². The largest absolute Gasteiger partial charge is 0.391 e. The van der Waals surface area contributed by atoms with Crippen molar-refractivity contribution in [2.24, 2.45) is 5.41 Å². The van der Waals surface area contributed by atoms with Crippen molar-refractivity contribution in [1.82, 2.24) is 4.90 Å². The summed E-state index contributed by atoms with van der Waals surface area (Å²) in [6, 6.07) is 0. The molecule has 0 spiro atoms. The summed E-state index contributed by atoms with van der Waals surface area (Å²) in [5, 5.41) is 10.8. The third-order valence-corrected chi connectivity index (χ3v) is 4.90. The Morgan fingerprint density at radius 3 is 2.26 bits per heavy atom. The minimum atomic E-state index is -0.174. The number of hydrogen-bond acceptors (Lipinski definition) is 3. The summed E-state index contributed by atoms with van der Waals surface area (Å²) >= 11 is 0. The smallest absolute Gasteiger partial charge is 0.0724 e. The molecule has 2 fully saturated rings. The van der Waals surface area contributed by atoms with Crippen LogP contribution in [0.3, 0.4) is 0 Å². The van der Waals surface area contributed by atoms with Crippen LogP contribution < -0.4 is 0 Å². The maximum absolute atomic E-state index is 10.8. The van der Waals surface area contributed by atoms with E-state index in [4.69, 9.17) is 4.74 Å². The van der Waals surface area contributed by atoms with Crippen LogP contribution in [0, 0.1) is 5.41 Å². The van der Waals surface area contributed by atoms with Crippen molar-refractivity contribution in [1.29, 1.82) is 0 Å². The number of hydrogen-bond donors (Lipinski definition) is 1. The summed E-state index contributed by atoms with van der Waals surface area (Å²) in [5.41, 5.74) is 0.362. The molecule has 3 nitrogen and oxygen atoms in total. The van der Waals surface area contributed by atoms with Gasteiger partial charge in [-0.15, -0.1) is 0 Å². The zero-order valence-electron chi connectivity index (χ0n) is 13.0. The van der Waals surface area contributed by atoms with E-state index in [0.29, 0.717) is 5.41 Å². The highest BCUT2D eigenvalue weighted by Gasteiger charge is 2.45. The second-order valence-corrected chi connectivity index (χ2v) is 7.53. The molecule has 112 valence electrons. The Balaban J connectivity index is 2.01. The predicted molar refractivity (Wildman–Crippen MR) is 78.3 cm³/mol. The molecule has 1 heterocycles. The fraction of sp³-hybridized carbons (Fsp3) is 1.00. The molecule has 0 aromatic carbocycles. The zero-order chi connectivity index (χ0) is 13.9. The van der Waals surface area contributed by atoms with Crippen LogP contribution in [0.1, 0.15) is 59.3 Å². The molecule has 1 saturated heterocycles. The van der Waals surface area contributed by atoms with Gasteiger partial charge in [-0.25, -0.2) is 0 Å². The van der Waals surface area contributed by atoms with Crippen LogP contribution in [0.5, 0.6) is 0 Å². The molecule has 2 aliphatic rings. The van der Waals surface area contributed by atoms with Gasteiger partial charge in [0.15, 0.2) is 0 Å². The van der Waals surface area contributed by atoms with Crippen LogP contribution in [0.2, 0.25) is 0 Å². The van der Waals surface area contributed by atoms with Crippen molar-refractivity contribution < 1.29 is 9.84 Å². The van der Waals surface area contributed by atoms with Crippen molar-refractivity contribution in [3.8, 4) is 0 Å². The lowest BCUT2D eigenvalue weighted by Crippen LogP contribution is -2.58. The highest BCUT2D eigenvalue weighted by atomic mass is 16.5. The van der Waals surface area contributed by atoms with E-state index in [2.05, 4.69) is 25.7 Å². The van der Waals surface area contributed by atoms with Gasteiger partial charge in [-0.2, -0.15) is 0 Å². The van der Waals surface area contributed by atoms with Gasteiger partial charge in [-0.3, -0.25) is 4.90 Å². The molecule has 1 unspecified atom stereocenters. The standard InChI is InChI=1S/C16H31NO2/c1-15(2,3)9-6-14(18)16(7-4-5-8-16)17-10-12-19-13-11-17/h14,18H,4-13H2,1-3H3. The van der Waals surface area contributed by atoms with Gasteiger partial charge in [0, 0.05) is 18.6 Å². The lowest BCUT2D eigenvalue weighted by Gasteiger charge is -2.46. The molecular formula is C16H31NO2. The summed E-state index contributed by atoms with van der Waals surface area (Å²) in [6.07, 6.45) is 6.72. The molecule has 0 amide bonds. The first-order valence-electron chi connectivity index (χ1n) is 7.95. The van der Waals surface area contributed by atoms with Crippen LogP contribution in [-0.4, -0.2) is 48.0 Å². The van der Waals surface area contributed by atoms with Crippen LogP contribution in [0.4, 0.5) is 0 Å². The molecule has 0 bridgehead atoms. The van der Waals surface area contributed by atoms with Crippen molar-refractivity contribution >= 4 is 0 Å². The fourth-order valence-corrected chi connectivity index (χ4v) is 3.69. The van der Waals surface area contributed by atoms with E-state index >= 15 is 0 Å². The van der Waals surface area contributed by atoms with Gasteiger partial charge in [-0.05, 0) is 31.1 Å². The van der Waals surface area contributed by atoms with Crippen molar-refractivity contribution in [3.05, 3.63) is 0 Å². The number of rotatable bonds is 4. The average molecular weight is 269 g/mol. The third kappa shape index (κ3) is 3.71. The van der Waals surface area contributed by atoms with Crippen LogP contribution in [0.25, 0.3) is 0 Å². The summed E-state index contributed by atoms with van der Waals surface area (Å²) in [4.78, 5) is 2.52. The fourth-order valence-electron chi connectivity index (χ4n) is 3.69. The molecular weight excluding hydrogens is 238 g/mol. The van der Waals surface area contributed by atoms with Gasteiger partial charge in [0.05, 0.1) is 19.3 Å². The molecule has 0 aromatic heterocycles. The van der Waals surface area contributed by atoms with E-state index < -0.39 is 0 Å². The SMILES string of the molecule is CC(C)(C)CCC(O)C1(N2CCOCC2)CCCC1. The van der Waals surface area contributed by atoms with E-state index in [-0.39, 0.29) is 11.6 Å². The number of aliphatic hydroxyl groups is 1. The third-order valence-electron chi connectivity index (χ3n) is 4.90. The normalized spacial score (nSPS) is 26.5. The van der Waals surface area contributed by atoms with Crippen LogP contribution in [-0.2, 0) is 4.74 Å². The van der Waals surface area contributed by atoms with Gasteiger partial charge in [0.2, 0.25) is 0 Å². The first-order valence-corrected chi connectivity index (χ1v) is 7.95. The molecule has 0 aromatic rings. The van der Waals surface area contributed by atoms with Gasteiger partial charge in [-0.1, -0.05) is 33.6 Å². The Labute approximate surface area is 118 Å². The highest BCUT2D eigenvalue weighted by Crippen LogP contribution is 2.40. The summed E-state index contributed by atoms with van der Waals surface area (Å²) in [5.74, 6) is 0. The molecule has 3 heteroatoms. The Morgan fingerprint density at radius 2 is 1.74 bits per heavy atom. The number of ether oxygens (including phenoxy) is 1. The molecule has 1 atom stereocenters. The number of morpholine rings is 1. The Bertz CT molecular complexity index is 273. The maximum Gasteiger partial charge on any atom is 0.0724 e. The molecule has 1 aliphatic heterocycles. The topological polar surface area (TPSA) is 32.7 Å². The van der Waals surface area contributed by atoms with Crippen LogP contribution >= 0.6 is 0 Å². The molecule has 19 heavy (non-hydrogen) atoms. The monoisotopic (exact) mass is 269 g/mol. The lowest BCUT2D eigenvalue weighted by molar-refractivity contribution is -0.0801. The molecule has 1 aliphatic carbocycles. The molecule has 2 rings (SSSR count). The lowest BCUT2D eigenvalue weighted by atomic mass is 9.81. The van der Waals surface area contributed by atoms with E-state index in [9.17, 15) is 5.11 Å². The van der Waals surface area contributed by atoms with E-state index in [1.54, 1.807) is 0 Å². The van der Waals surface area contributed by atoms with Gasteiger partial charge in [0.25, 0.3) is 0 Å². The quantitative estimate of drug-likeness (QED) is 0.852. The maximum atomic E-state index is 10.8. The van der Waals surface area contributed by atoms with E-state index in [0.717, 1.165) is 52.0 Å². The predicted octanol–water partition coefficient (Wildman–Crippen LogP) is 2.82. The number of nitrogens with zero attached hydrogens (tertiary/aromatic N) is 1. The van der Waals surface area contributed by atoms with E-state index in [1.807, 2.05) is 0 Å². The highest BCUT2D eigenvalue weighted by molar-refractivity contribution is 5.01. The second kappa shape index (κ2) is 6.11. The van der Waals surface area contributed by atoms with Gasteiger partial charge in [0.1, 0.15) is 0 Å². The van der Waals surface area contributed by atoms with Gasteiger partial charge < -0.3 is 9.84 Å².